The fourth-order valence-corrected chi connectivity index (χ4v) is 4.67. The van der Waals surface area contributed by atoms with Crippen LogP contribution >= 0.6 is 0 Å². The Kier molecular flexibility index (Phi) is 4.44. The zero-order valence-electron chi connectivity index (χ0n) is 17.8. The first-order valence-corrected chi connectivity index (χ1v) is 10.6. The summed E-state index contributed by atoms with van der Waals surface area (Å²) >= 11 is 0. The van der Waals surface area contributed by atoms with Gasteiger partial charge in [0, 0.05) is 0 Å². The molecule has 0 aliphatic carbocycles. The minimum absolute atomic E-state index is 0.0411. The summed E-state index contributed by atoms with van der Waals surface area (Å²) in [7, 11) is 0. The van der Waals surface area contributed by atoms with Gasteiger partial charge in [0.1, 0.15) is 0 Å². The third-order valence-electron chi connectivity index (χ3n) is 5.98. The van der Waals surface area contributed by atoms with Crippen LogP contribution in [0.1, 0.15) is 26.3 Å². The van der Waals surface area contributed by atoms with E-state index in [1.54, 1.807) is 0 Å². The Bertz CT molecular complexity index is 1340. The maximum Gasteiger partial charge on any atom is -0.00234 e. The smallest absolute Gasteiger partial charge is 0.00234 e. The molecule has 0 nitrogen and oxygen atoms in total. The van der Waals surface area contributed by atoms with E-state index in [0.29, 0.717) is 0 Å². The molecule has 0 heteroatoms. The lowest BCUT2D eigenvalue weighted by Gasteiger charge is -2.26. The van der Waals surface area contributed by atoms with E-state index in [-0.39, 0.29) is 5.41 Å². The van der Waals surface area contributed by atoms with Crippen molar-refractivity contribution in [2.75, 3.05) is 0 Å². The van der Waals surface area contributed by atoms with Crippen molar-refractivity contribution >= 4 is 21.5 Å². The molecular formula is C30H26. The van der Waals surface area contributed by atoms with Crippen molar-refractivity contribution in [2.24, 2.45) is 0 Å². The van der Waals surface area contributed by atoms with Crippen molar-refractivity contribution in [1.82, 2.24) is 0 Å². The van der Waals surface area contributed by atoms with E-state index >= 15 is 0 Å². The number of hydrogen-bond donors (Lipinski definition) is 0. The second-order valence-corrected chi connectivity index (χ2v) is 9.01. The lowest BCUT2D eigenvalue weighted by atomic mass is 9.78. The van der Waals surface area contributed by atoms with Gasteiger partial charge in [-0.2, -0.15) is 0 Å². The Balaban J connectivity index is 2.08. The summed E-state index contributed by atoms with van der Waals surface area (Å²) in [5.74, 6) is 0. The molecule has 146 valence electrons. The summed E-state index contributed by atoms with van der Waals surface area (Å²) in [6, 6.07) is 37.4. The van der Waals surface area contributed by atoms with E-state index in [4.69, 9.17) is 0 Å². The highest BCUT2D eigenvalue weighted by Gasteiger charge is 2.23. The van der Waals surface area contributed by atoms with Gasteiger partial charge in [-0.1, -0.05) is 124 Å². The molecule has 0 radical (unpaired) electrons. The highest BCUT2D eigenvalue weighted by Crippen LogP contribution is 2.46. The second kappa shape index (κ2) is 7.15. The zero-order valence-corrected chi connectivity index (χ0v) is 17.8. The molecule has 0 fully saturated rings. The van der Waals surface area contributed by atoms with Crippen molar-refractivity contribution in [3.8, 4) is 22.3 Å². The van der Waals surface area contributed by atoms with Crippen LogP contribution in [-0.2, 0) is 5.41 Å². The van der Waals surface area contributed by atoms with Crippen LogP contribution in [0.2, 0.25) is 0 Å². The highest BCUT2D eigenvalue weighted by molar-refractivity contribution is 6.22. The molecule has 5 aromatic rings. The summed E-state index contributed by atoms with van der Waals surface area (Å²) < 4.78 is 0. The Morgan fingerprint density at radius 1 is 0.433 bits per heavy atom. The molecule has 0 heterocycles. The van der Waals surface area contributed by atoms with Crippen LogP contribution in [0.3, 0.4) is 0 Å². The van der Waals surface area contributed by atoms with E-state index in [9.17, 15) is 0 Å². The first kappa shape index (κ1) is 18.6. The summed E-state index contributed by atoms with van der Waals surface area (Å²) in [5, 5.41) is 5.31. The molecule has 0 atom stereocenters. The Labute approximate surface area is 178 Å². The summed E-state index contributed by atoms with van der Waals surface area (Å²) in [4.78, 5) is 0. The number of fused-ring (bicyclic) bond motifs is 2. The summed E-state index contributed by atoms with van der Waals surface area (Å²) in [6.07, 6.45) is 0. The molecule has 0 aliphatic heterocycles. The summed E-state index contributed by atoms with van der Waals surface area (Å²) in [5.41, 5.74) is 6.64. The minimum atomic E-state index is 0.0411. The maximum absolute atomic E-state index is 2.31. The molecule has 30 heavy (non-hydrogen) atoms. The SMILES string of the molecule is CC(C)(C)c1cccc2c(-c3ccccc3)c3ccccc3c(-c3ccccc3)c12. The van der Waals surface area contributed by atoms with Gasteiger partial charge in [0.25, 0.3) is 0 Å². The van der Waals surface area contributed by atoms with Gasteiger partial charge in [0.05, 0.1) is 0 Å². The first-order valence-electron chi connectivity index (χ1n) is 10.6. The Hall–Kier alpha value is -3.38. The van der Waals surface area contributed by atoms with Crippen molar-refractivity contribution in [3.63, 3.8) is 0 Å². The Morgan fingerprint density at radius 2 is 0.900 bits per heavy atom. The van der Waals surface area contributed by atoms with Gasteiger partial charge in [-0.25, -0.2) is 0 Å². The van der Waals surface area contributed by atoms with E-state index in [2.05, 4.69) is 124 Å². The van der Waals surface area contributed by atoms with Crippen molar-refractivity contribution in [3.05, 3.63) is 109 Å². The molecule has 0 N–H and O–H groups in total. The molecule has 0 spiro atoms. The van der Waals surface area contributed by atoms with E-state index < -0.39 is 0 Å². The fourth-order valence-electron chi connectivity index (χ4n) is 4.67. The van der Waals surface area contributed by atoms with Gasteiger partial charge in [-0.05, 0) is 54.8 Å². The van der Waals surface area contributed by atoms with E-state index in [0.717, 1.165) is 0 Å². The maximum atomic E-state index is 2.31. The fraction of sp³-hybridized carbons (Fsp3) is 0.133. The molecule has 0 unspecified atom stereocenters. The zero-order chi connectivity index (χ0) is 20.7. The molecule has 0 aliphatic rings. The largest absolute Gasteiger partial charge is 0.0622 e. The van der Waals surface area contributed by atoms with Gasteiger partial charge >= 0.3 is 0 Å². The van der Waals surface area contributed by atoms with Crippen molar-refractivity contribution < 1.29 is 0 Å². The van der Waals surface area contributed by atoms with Crippen LogP contribution in [0.25, 0.3) is 43.8 Å². The molecule has 0 aromatic heterocycles. The summed E-state index contributed by atoms with van der Waals surface area (Å²) in [6.45, 7) is 6.94. The van der Waals surface area contributed by atoms with Crippen molar-refractivity contribution in [2.45, 2.75) is 26.2 Å². The first-order chi connectivity index (χ1) is 14.6. The van der Waals surface area contributed by atoms with Crippen LogP contribution in [-0.4, -0.2) is 0 Å². The minimum Gasteiger partial charge on any atom is -0.0622 e. The second-order valence-electron chi connectivity index (χ2n) is 9.01. The van der Waals surface area contributed by atoms with Gasteiger partial charge < -0.3 is 0 Å². The lowest BCUT2D eigenvalue weighted by molar-refractivity contribution is 0.596. The van der Waals surface area contributed by atoms with Gasteiger partial charge in [-0.3, -0.25) is 0 Å². The normalized spacial score (nSPS) is 11.8. The van der Waals surface area contributed by atoms with E-state index in [1.165, 1.54) is 49.4 Å². The molecule has 5 rings (SSSR count). The average Bonchev–Trinajstić information content (AvgIpc) is 2.77. The predicted octanol–water partition coefficient (Wildman–Crippen LogP) is 8.62. The lowest BCUT2D eigenvalue weighted by Crippen LogP contribution is -2.12. The molecule has 0 saturated carbocycles. The van der Waals surface area contributed by atoms with Crippen molar-refractivity contribution in [1.29, 1.82) is 0 Å². The highest BCUT2D eigenvalue weighted by atomic mass is 14.3. The average molecular weight is 387 g/mol. The van der Waals surface area contributed by atoms with Gasteiger partial charge in [0.2, 0.25) is 0 Å². The standard InChI is InChI=1S/C30H26/c1-30(2,3)26-20-12-19-25-27(21-13-6-4-7-14-21)23-17-10-11-18-24(23)28(29(25)26)22-15-8-5-9-16-22/h4-20H,1-3H3. The van der Waals surface area contributed by atoms with E-state index in [1.807, 2.05) is 0 Å². The third kappa shape index (κ3) is 3.00. The van der Waals surface area contributed by atoms with Gasteiger partial charge in [0.15, 0.2) is 0 Å². The van der Waals surface area contributed by atoms with Crippen LogP contribution in [0, 0.1) is 0 Å². The quantitative estimate of drug-likeness (QED) is 0.266. The molecule has 0 saturated heterocycles. The topological polar surface area (TPSA) is 0 Å². The van der Waals surface area contributed by atoms with Gasteiger partial charge in [-0.15, -0.1) is 0 Å². The predicted molar refractivity (Wildman–Crippen MR) is 131 cm³/mol. The third-order valence-corrected chi connectivity index (χ3v) is 5.98. The molecular weight excluding hydrogens is 360 g/mol. The number of hydrogen-bond acceptors (Lipinski definition) is 0. The molecule has 0 bridgehead atoms. The molecule has 5 aromatic carbocycles. The number of rotatable bonds is 2. The van der Waals surface area contributed by atoms with Crippen LogP contribution in [0.15, 0.2) is 103 Å². The number of benzene rings is 5. The monoisotopic (exact) mass is 386 g/mol. The van der Waals surface area contributed by atoms with Crippen LogP contribution < -0.4 is 0 Å². The van der Waals surface area contributed by atoms with Crippen LogP contribution in [0.5, 0.6) is 0 Å². The van der Waals surface area contributed by atoms with Crippen LogP contribution in [0.4, 0.5) is 0 Å². The Morgan fingerprint density at radius 3 is 1.47 bits per heavy atom. The molecule has 0 amide bonds.